The van der Waals surface area contributed by atoms with Gasteiger partial charge in [-0.2, -0.15) is 0 Å². The predicted molar refractivity (Wildman–Crippen MR) is 100 cm³/mol. The van der Waals surface area contributed by atoms with Crippen molar-refractivity contribution in [2.24, 2.45) is 11.8 Å². The van der Waals surface area contributed by atoms with Gasteiger partial charge in [0.15, 0.2) is 0 Å². The van der Waals surface area contributed by atoms with Crippen LogP contribution in [0.2, 0.25) is 0 Å². The van der Waals surface area contributed by atoms with Gasteiger partial charge in [-0.1, -0.05) is 56.4 Å². The molecular weight excluding hydrogens is 300 g/mol. The molecule has 1 rings (SSSR count). The van der Waals surface area contributed by atoms with E-state index in [0.29, 0.717) is 19.3 Å². The van der Waals surface area contributed by atoms with E-state index < -0.39 is 5.97 Å². The summed E-state index contributed by atoms with van der Waals surface area (Å²) in [7, 11) is 0. The minimum absolute atomic E-state index is 0.0743. The molecule has 0 heterocycles. The Bertz CT molecular complexity index is 373. The molecule has 2 atom stereocenters. The monoisotopic (exact) mass is 336 g/mol. The van der Waals surface area contributed by atoms with Crippen LogP contribution in [0.5, 0.6) is 0 Å². The van der Waals surface area contributed by atoms with Crippen molar-refractivity contribution in [3.63, 3.8) is 0 Å². The number of rotatable bonds is 15. The molecule has 3 nitrogen and oxygen atoms in total. The molecule has 0 fully saturated rings. The van der Waals surface area contributed by atoms with Gasteiger partial charge in [0.2, 0.25) is 0 Å². The predicted octanol–water partition coefficient (Wildman–Crippen LogP) is 5.49. The molecule has 0 radical (unpaired) electrons. The average Bonchev–Trinajstić information content (AvgIpc) is 3.08. The van der Waals surface area contributed by atoms with Crippen molar-refractivity contribution in [2.75, 3.05) is 6.61 Å². The zero-order valence-corrected chi connectivity index (χ0v) is 15.2. The van der Waals surface area contributed by atoms with Crippen molar-refractivity contribution in [1.82, 2.24) is 0 Å². The molecule has 1 aliphatic carbocycles. The van der Waals surface area contributed by atoms with Crippen molar-refractivity contribution in [3.8, 4) is 0 Å². The van der Waals surface area contributed by atoms with Crippen LogP contribution >= 0.6 is 0 Å². The molecular formula is C21H36O3. The number of unbranched alkanes of at least 4 members (excludes halogenated alkanes) is 6. The van der Waals surface area contributed by atoms with Crippen molar-refractivity contribution >= 4 is 5.97 Å². The molecule has 0 bridgehead atoms. The third kappa shape index (κ3) is 10.6. The molecule has 0 amide bonds. The smallest absolute Gasteiger partial charge is 0.306 e. The summed E-state index contributed by atoms with van der Waals surface area (Å²) >= 11 is 0. The maximum Gasteiger partial charge on any atom is 0.306 e. The normalized spacial score (nSPS) is 18.5. The Morgan fingerprint density at radius 2 is 1.83 bits per heavy atom. The Hall–Kier alpha value is -1.09. The lowest BCUT2D eigenvalue weighted by atomic mass is 9.99. The Labute approximate surface area is 147 Å². The molecule has 0 saturated heterocycles. The zero-order chi connectivity index (χ0) is 17.5. The fourth-order valence-corrected chi connectivity index (χ4v) is 3.37. The van der Waals surface area contributed by atoms with Crippen LogP contribution in [0.25, 0.3) is 0 Å². The summed E-state index contributed by atoms with van der Waals surface area (Å²) in [4.78, 5) is 11.1. The van der Waals surface area contributed by atoms with Crippen LogP contribution < -0.4 is 0 Å². The largest absolute Gasteiger partial charge is 0.481 e. The summed E-state index contributed by atoms with van der Waals surface area (Å²) in [6, 6.07) is 0. The minimum Gasteiger partial charge on any atom is -0.481 e. The first-order valence-electron chi connectivity index (χ1n) is 9.89. The van der Waals surface area contributed by atoms with Gasteiger partial charge in [-0.3, -0.25) is 4.79 Å². The Kier molecular flexibility index (Phi) is 12.5. The molecule has 24 heavy (non-hydrogen) atoms. The summed E-state index contributed by atoms with van der Waals surface area (Å²) in [5, 5.41) is 17.9. The fourth-order valence-electron chi connectivity index (χ4n) is 3.37. The quantitative estimate of drug-likeness (QED) is 0.307. The Morgan fingerprint density at radius 3 is 2.50 bits per heavy atom. The molecule has 0 aromatic rings. The number of allylic oxidation sites excluding steroid dienone is 4. The first kappa shape index (κ1) is 21.0. The van der Waals surface area contributed by atoms with E-state index in [1.165, 1.54) is 57.8 Å². The highest BCUT2D eigenvalue weighted by molar-refractivity contribution is 5.70. The lowest BCUT2D eigenvalue weighted by Crippen LogP contribution is -2.13. The molecule has 3 heteroatoms. The van der Waals surface area contributed by atoms with Crippen LogP contribution in [0.15, 0.2) is 24.3 Å². The highest BCUT2D eigenvalue weighted by Gasteiger charge is 2.14. The molecule has 0 saturated carbocycles. The maximum absolute atomic E-state index is 11.1. The first-order chi connectivity index (χ1) is 11.7. The zero-order valence-electron chi connectivity index (χ0n) is 15.2. The van der Waals surface area contributed by atoms with Crippen LogP contribution in [0.4, 0.5) is 0 Å². The van der Waals surface area contributed by atoms with Crippen molar-refractivity contribution in [1.29, 1.82) is 0 Å². The van der Waals surface area contributed by atoms with Crippen molar-refractivity contribution in [3.05, 3.63) is 24.3 Å². The van der Waals surface area contributed by atoms with Gasteiger partial charge in [0.05, 0.1) is 5.92 Å². The second kappa shape index (κ2) is 14.3. The van der Waals surface area contributed by atoms with E-state index in [1.807, 2.05) is 6.08 Å². The lowest BCUT2D eigenvalue weighted by Gasteiger charge is -2.08. The molecule has 0 aromatic carbocycles. The number of aliphatic hydroxyl groups excluding tert-OH is 1. The van der Waals surface area contributed by atoms with Gasteiger partial charge in [0, 0.05) is 6.61 Å². The van der Waals surface area contributed by atoms with E-state index in [1.54, 1.807) is 0 Å². The van der Waals surface area contributed by atoms with Gasteiger partial charge in [0.1, 0.15) is 0 Å². The lowest BCUT2D eigenvalue weighted by molar-refractivity contribution is -0.141. The van der Waals surface area contributed by atoms with Crippen LogP contribution in [-0.2, 0) is 4.79 Å². The van der Waals surface area contributed by atoms with Crippen molar-refractivity contribution < 1.29 is 15.0 Å². The highest BCUT2D eigenvalue weighted by Crippen LogP contribution is 2.23. The standard InChI is InChI=1S/C21H36O3/c22-18-12-17-20(21(23)24)16-9-7-5-3-1-2-4-6-8-13-19-14-10-11-15-19/h7,9-10,14,19-20,22H,1-6,8,11-13,15-18H2,(H,23,24). The van der Waals surface area contributed by atoms with E-state index in [0.717, 1.165) is 12.3 Å². The van der Waals surface area contributed by atoms with Crippen LogP contribution in [0.3, 0.4) is 0 Å². The van der Waals surface area contributed by atoms with E-state index in [-0.39, 0.29) is 12.5 Å². The average molecular weight is 337 g/mol. The van der Waals surface area contributed by atoms with Gasteiger partial charge in [-0.25, -0.2) is 0 Å². The molecule has 2 unspecified atom stereocenters. The first-order valence-corrected chi connectivity index (χ1v) is 9.89. The number of carboxylic acids is 1. The summed E-state index contributed by atoms with van der Waals surface area (Å²) in [5.41, 5.74) is 0. The van der Waals surface area contributed by atoms with Gasteiger partial charge >= 0.3 is 5.97 Å². The number of carboxylic acid groups (broad SMARTS) is 1. The van der Waals surface area contributed by atoms with E-state index in [4.69, 9.17) is 10.2 Å². The Morgan fingerprint density at radius 1 is 1.08 bits per heavy atom. The maximum atomic E-state index is 11.1. The number of carbonyl (C=O) groups is 1. The molecule has 1 aliphatic rings. The highest BCUT2D eigenvalue weighted by atomic mass is 16.4. The third-order valence-electron chi connectivity index (χ3n) is 4.96. The van der Waals surface area contributed by atoms with Crippen molar-refractivity contribution in [2.45, 2.75) is 83.5 Å². The second-order valence-electron chi connectivity index (χ2n) is 7.07. The molecule has 2 N–H and O–H groups in total. The fraction of sp³-hybridized carbons (Fsp3) is 0.762. The minimum atomic E-state index is -0.749. The second-order valence-corrected chi connectivity index (χ2v) is 7.07. The van der Waals surface area contributed by atoms with Crippen LogP contribution in [0.1, 0.15) is 83.5 Å². The van der Waals surface area contributed by atoms with Crippen LogP contribution in [-0.4, -0.2) is 22.8 Å². The van der Waals surface area contributed by atoms with Gasteiger partial charge < -0.3 is 10.2 Å². The number of hydrogen-bond acceptors (Lipinski definition) is 2. The van der Waals surface area contributed by atoms with E-state index >= 15 is 0 Å². The SMILES string of the molecule is O=C(O)C(CC=CCCCCCCCCC1C=CCC1)CCCO. The summed E-state index contributed by atoms with van der Waals surface area (Å²) in [6.45, 7) is 0.0743. The molecule has 0 aromatic heterocycles. The molecule has 0 spiro atoms. The summed E-state index contributed by atoms with van der Waals surface area (Å²) in [6.07, 6.45) is 23.6. The molecule has 138 valence electrons. The summed E-state index contributed by atoms with van der Waals surface area (Å²) < 4.78 is 0. The van der Waals surface area contributed by atoms with Crippen LogP contribution in [0, 0.1) is 11.8 Å². The van der Waals surface area contributed by atoms with Gasteiger partial charge in [0.25, 0.3) is 0 Å². The van der Waals surface area contributed by atoms with Gasteiger partial charge in [-0.15, -0.1) is 0 Å². The number of hydrogen-bond donors (Lipinski definition) is 2. The molecule has 0 aliphatic heterocycles. The van der Waals surface area contributed by atoms with E-state index in [2.05, 4.69) is 18.2 Å². The summed E-state index contributed by atoms with van der Waals surface area (Å²) in [5.74, 6) is -0.230. The third-order valence-corrected chi connectivity index (χ3v) is 4.96. The van der Waals surface area contributed by atoms with E-state index in [9.17, 15) is 4.79 Å². The number of aliphatic hydroxyl groups is 1. The number of aliphatic carboxylic acids is 1. The van der Waals surface area contributed by atoms with Gasteiger partial charge in [-0.05, 0) is 57.3 Å². The Balaban J connectivity index is 1.89. The topological polar surface area (TPSA) is 57.5 Å².